The number of thioether (sulfide) groups is 1. The molecule has 3 atom stereocenters. The Morgan fingerprint density at radius 2 is 2.21 bits per heavy atom. The molecular weight excluding hydrogens is 440 g/mol. The lowest BCUT2D eigenvalue weighted by Gasteiger charge is -2.34. The van der Waals surface area contributed by atoms with Gasteiger partial charge in [-0.15, -0.1) is 0 Å². The van der Waals surface area contributed by atoms with E-state index in [1.165, 1.54) is 11.8 Å². The van der Waals surface area contributed by atoms with Crippen molar-refractivity contribution in [3.8, 4) is 5.88 Å². The van der Waals surface area contributed by atoms with E-state index in [9.17, 15) is 9.59 Å². The molecule has 33 heavy (non-hydrogen) atoms. The maximum atomic E-state index is 13.3. The van der Waals surface area contributed by atoms with Gasteiger partial charge in [-0.05, 0) is 37.4 Å². The van der Waals surface area contributed by atoms with E-state index >= 15 is 0 Å². The fourth-order valence-corrected chi connectivity index (χ4v) is 5.65. The lowest BCUT2D eigenvalue weighted by molar-refractivity contribution is -0.121. The van der Waals surface area contributed by atoms with E-state index in [4.69, 9.17) is 4.74 Å². The second kappa shape index (κ2) is 8.83. The summed E-state index contributed by atoms with van der Waals surface area (Å²) in [6.45, 7) is 8.34. The molecule has 0 aromatic carbocycles. The molecule has 3 aliphatic heterocycles. The number of ether oxygens (including phenoxy) is 1. The summed E-state index contributed by atoms with van der Waals surface area (Å²) < 4.78 is 5.74. The normalized spacial score (nSPS) is 23.5. The highest BCUT2D eigenvalue weighted by atomic mass is 32.2. The number of nitrogens with one attached hydrogen (secondary N) is 3. The third-order valence-corrected chi connectivity index (χ3v) is 7.32. The minimum Gasteiger partial charge on any atom is -0.477 e. The first-order valence-electron chi connectivity index (χ1n) is 11.3. The number of hydrogen-bond donors (Lipinski definition) is 3. The standard InChI is InChI=1S/C23H28N6O3S/c1-12(2)11-32-17-8-13(3)16(10-26-17)29-15-5-7-25-22-18(15)19(28-23(29)31)20(33-22)21(30)27-14-4-6-24-9-14/h5,7-8,10,12,14,19-20,24H,4,6,9,11H2,1-3H3,(H,27,30)(H,28,31)/t14?,19?,20-/m1/s1. The fourth-order valence-electron chi connectivity index (χ4n) is 4.41. The molecule has 5 heterocycles. The van der Waals surface area contributed by atoms with Crippen LogP contribution >= 0.6 is 11.8 Å². The van der Waals surface area contributed by atoms with Crippen LogP contribution in [0.4, 0.5) is 16.2 Å². The largest absolute Gasteiger partial charge is 0.477 e. The van der Waals surface area contributed by atoms with E-state index in [2.05, 4.69) is 39.8 Å². The molecule has 2 aromatic rings. The maximum absolute atomic E-state index is 13.3. The molecule has 174 valence electrons. The maximum Gasteiger partial charge on any atom is 0.327 e. The predicted octanol–water partition coefficient (Wildman–Crippen LogP) is 2.67. The van der Waals surface area contributed by atoms with Crippen LogP contribution in [-0.4, -0.2) is 52.9 Å². The summed E-state index contributed by atoms with van der Waals surface area (Å²) in [4.78, 5) is 36.9. The molecule has 3 N–H and O–H groups in total. The van der Waals surface area contributed by atoms with Crippen molar-refractivity contribution in [3.63, 3.8) is 0 Å². The van der Waals surface area contributed by atoms with E-state index < -0.39 is 11.3 Å². The summed E-state index contributed by atoms with van der Waals surface area (Å²) >= 11 is 1.41. The summed E-state index contributed by atoms with van der Waals surface area (Å²) in [5, 5.41) is 9.75. The number of nitrogens with zero attached hydrogens (tertiary/aromatic N) is 3. The number of urea groups is 1. The summed E-state index contributed by atoms with van der Waals surface area (Å²) in [6, 6.07) is 3.09. The number of aromatic nitrogens is 2. The molecule has 9 nitrogen and oxygen atoms in total. The highest BCUT2D eigenvalue weighted by Crippen LogP contribution is 2.50. The van der Waals surface area contributed by atoms with Crippen LogP contribution in [-0.2, 0) is 4.79 Å². The van der Waals surface area contributed by atoms with Gasteiger partial charge in [-0.1, -0.05) is 25.6 Å². The Hall–Kier alpha value is -2.85. The van der Waals surface area contributed by atoms with Crippen LogP contribution in [0.5, 0.6) is 5.88 Å². The molecular formula is C23H28N6O3S. The van der Waals surface area contributed by atoms with Gasteiger partial charge in [0, 0.05) is 30.4 Å². The van der Waals surface area contributed by atoms with Crippen molar-refractivity contribution in [2.45, 2.75) is 49.6 Å². The average Bonchev–Trinajstić information content (AvgIpc) is 3.42. The first-order chi connectivity index (χ1) is 15.9. The Kier molecular flexibility index (Phi) is 5.88. The van der Waals surface area contributed by atoms with Crippen LogP contribution in [0.15, 0.2) is 29.6 Å². The van der Waals surface area contributed by atoms with Crippen molar-refractivity contribution in [1.82, 2.24) is 25.9 Å². The van der Waals surface area contributed by atoms with Crippen LogP contribution in [0.3, 0.4) is 0 Å². The van der Waals surface area contributed by atoms with Crippen molar-refractivity contribution < 1.29 is 14.3 Å². The molecule has 5 rings (SSSR count). The van der Waals surface area contributed by atoms with E-state index in [1.54, 1.807) is 17.3 Å². The lowest BCUT2D eigenvalue weighted by atomic mass is 9.99. The van der Waals surface area contributed by atoms with Crippen molar-refractivity contribution >= 4 is 35.1 Å². The minimum atomic E-state index is -0.452. The molecule has 0 bridgehead atoms. The number of carbonyl (C=O) groups is 2. The zero-order valence-electron chi connectivity index (χ0n) is 18.9. The molecule has 0 radical (unpaired) electrons. The predicted molar refractivity (Wildman–Crippen MR) is 126 cm³/mol. The monoisotopic (exact) mass is 468 g/mol. The Morgan fingerprint density at radius 1 is 1.36 bits per heavy atom. The Morgan fingerprint density at radius 3 is 2.94 bits per heavy atom. The molecule has 0 spiro atoms. The molecule has 0 aliphatic carbocycles. The van der Waals surface area contributed by atoms with E-state index in [-0.39, 0.29) is 18.0 Å². The number of carbonyl (C=O) groups excluding carboxylic acids is 2. The van der Waals surface area contributed by atoms with Gasteiger partial charge in [0.2, 0.25) is 11.8 Å². The summed E-state index contributed by atoms with van der Waals surface area (Å²) in [5.74, 6) is 0.860. The van der Waals surface area contributed by atoms with Gasteiger partial charge < -0.3 is 20.7 Å². The Bertz CT molecular complexity index is 1090. The zero-order chi connectivity index (χ0) is 23.1. The first kappa shape index (κ1) is 22.0. The number of hydrogen-bond acceptors (Lipinski definition) is 7. The van der Waals surface area contributed by atoms with Crippen molar-refractivity contribution in [3.05, 3.63) is 35.7 Å². The smallest absolute Gasteiger partial charge is 0.327 e. The van der Waals surface area contributed by atoms with E-state index in [0.29, 0.717) is 24.1 Å². The number of rotatable bonds is 6. The van der Waals surface area contributed by atoms with Crippen molar-refractivity contribution in [1.29, 1.82) is 0 Å². The zero-order valence-corrected chi connectivity index (χ0v) is 19.7. The first-order valence-corrected chi connectivity index (χ1v) is 12.2. The van der Waals surface area contributed by atoms with Crippen LogP contribution in [0.1, 0.15) is 37.4 Å². The molecule has 2 aromatic heterocycles. The summed E-state index contributed by atoms with van der Waals surface area (Å²) in [6.07, 6.45) is 4.26. The molecule has 10 heteroatoms. The molecule has 1 saturated heterocycles. The van der Waals surface area contributed by atoms with Gasteiger partial charge >= 0.3 is 6.03 Å². The van der Waals surface area contributed by atoms with E-state index in [0.717, 1.165) is 41.4 Å². The molecule has 3 aliphatic rings. The lowest BCUT2D eigenvalue weighted by Crippen LogP contribution is -2.50. The van der Waals surface area contributed by atoms with Crippen molar-refractivity contribution in [2.75, 3.05) is 24.6 Å². The third-order valence-electron chi connectivity index (χ3n) is 6.03. The second-order valence-corrected chi connectivity index (χ2v) is 10.2. The molecule has 0 saturated carbocycles. The Balaban J connectivity index is 1.43. The number of pyridine rings is 2. The molecule has 2 unspecified atom stereocenters. The van der Waals surface area contributed by atoms with Gasteiger partial charge in [-0.2, -0.15) is 0 Å². The van der Waals surface area contributed by atoms with E-state index in [1.807, 2.05) is 19.1 Å². The Labute approximate surface area is 197 Å². The van der Waals surface area contributed by atoms with Crippen LogP contribution < -0.4 is 25.6 Å². The topological polar surface area (TPSA) is 108 Å². The van der Waals surface area contributed by atoms with Gasteiger partial charge in [-0.25, -0.2) is 14.8 Å². The summed E-state index contributed by atoms with van der Waals surface area (Å²) in [5.41, 5.74) is 3.16. The van der Waals surface area contributed by atoms with Gasteiger partial charge in [0.15, 0.2) is 0 Å². The van der Waals surface area contributed by atoms with Gasteiger partial charge in [-0.3, -0.25) is 9.69 Å². The van der Waals surface area contributed by atoms with Crippen LogP contribution in [0.25, 0.3) is 0 Å². The van der Waals surface area contributed by atoms with Gasteiger partial charge in [0.25, 0.3) is 0 Å². The highest BCUT2D eigenvalue weighted by Gasteiger charge is 2.47. The summed E-state index contributed by atoms with van der Waals surface area (Å²) in [7, 11) is 0. The second-order valence-electron chi connectivity index (χ2n) is 9.06. The molecule has 1 fully saturated rings. The third kappa shape index (κ3) is 4.13. The van der Waals surface area contributed by atoms with Crippen molar-refractivity contribution in [2.24, 2.45) is 5.92 Å². The minimum absolute atomic E-state index is 0.0686. The fraction of sp³-hybridized carbons (Fsp3) is 0.478. The number of anilines is 2. The highest BCUT2D eigenvalue weighted by molar-refractivity contribution is 8.01. The molecule has 3 amide bonds. The number of amides is 3. The quantitative estimate of drug-likeness (QED) is 0.598. The van der Waals surface area contributed by atoms with Crippen LogP contribution in [0.2, 0.25) is 0 Å². The number of aryl methyl sites for hydroxylation is 1. The average molecular weight is 469 g/mol. The van der Waals surface area contributed by atoms with Gasteiger partial charge in [0.05, 0.1) is 30.2 Å². The SMILES string of the molecule is Cc1cc(OCC(C)C)ncc1N1C(=O)NC2c3c1ccnc3S[C@H]2C(=O)NC1CCNC1. The van der Waals surface area contributed by atoms with Gasteiger partial charge in [0.1, 0.15) is 10.3 Å². The van der Waals surface area contributed by atoms with Crippen LogP contribution in [0, 0.1) is 12.8 Å².